The number of nitrogen functional groups attached to an aromatic ring is 1. The fraction of sp³-hybridized carbons (Fsp3) is 0.167. The number of rotatable bonds is 1. The molecule has 1 aliphatic heterocycles. The van der Waals surface area contributed by atoms with E-state index in [9.17, 15) is 5.26 Å². The van der Waals surface area contributed by atoms with Crippen LogP contribution >= 0.6 is 0 Å². The van der Waals surface area contributed by atoms with Crippen LogP contribution in [0.1, 0.15) is 16.8 Å². The molecule has 112 valence electrons. The van der Waals surface area contributed by atoms with E-state index in [4.69, 9.17) is 10.5 Å². The highest BCUT2D eigenvalue weighted by Crippen LogP contribution is 2.37. The van der Waals surface area contributed by atoms with Gasteiger partial charge in [0.25, 0.3) is 0 Å². The maximum Gasteiger partial charge on any atom is 0.142 e. The van der Waals surface area contributed by atoms with E-state index in [1.807, 2.05) is 30.5 Å². The number of aromatic nitrogens is 2. The first kappa shape index (κ1) is 13.7. The molecule has 0 unspecified atom stereocenters. The first-order valence-corrected chi connectivity index (χ1v) is 7.42. The molecule has 1 aliphatic rings. The lowest BCUT2D eigenvalue weighted by atomic mass is 9.90. The van der Waals surface area contributed by atoms with Crippen LogP contribution in [0.4, 0.5) is 5.82 Å². The van der Waals surface area contributed by atoms with Gasteiger partial charge < -0.3 is 10.5 Å². The molecule has 0 fully saturated rings. The molecule has 5 heteroatoms. The minimum atomic E-state index is 0.286. The van der Waals surface area contributed by atoms with Crippen LogP contribution in [0, 0.1) is 11.3 Å². The van der Waals surface area contributed by atoms with Crippen molar-refractivity contribution < 1.29 is 4.74 Å². The molecule has 4 rings (SSSR count). The maximum atomic E-state index is 9.61. The number of nitrogens with two attached hydrogens (primary N) is 1. The molecule has 0 radical (unpaired) electrons. The molecule has 0 saturated carbocycles. The minimum absolute atomic E-state index is 0.286. The zero-order valence-electron chi connectivity index (χ0n) is 12.4. The van der Waals surface area contributed by atoms with Crippen molar-refractivity contribution in [2.45, 2.75) is 13.0 Å². The van der Waals surface area contributed by atoms with E-state index >= 15 is 0 Å². The third kappa shape index (κ3) is 2.12. The van der Waals surface area contributed by atoms with Crippen molar-refractivity contribution >= 4 is 16.6 Å². The number of benzene rings is 1. The van der Waals surface area contributed by atoms with Gasteiger partial charge in [-0.15, -0.1) is 0 Å². The summed E-state index contributed by atoms with van der Waals surface area (Å²) in [6, 6.07) is 10.2. The number of pyridine rings is 2. The van der Waals surface area contributed by atoms with Crippen molar-refractivity contribution in [2.75, 3.05) is 12.3 Å². The average molecular weight is 302 g/mol. The lowest BCUT2D eigenvalue weighted by Gasteiger charge is -2.22. The smallest absolute Gasteiger partial charge is 0.142 e. The second-order valence-corrected chi connectivity index (χ2v) is 5.49. The Balaban J connectivity index is 2.12. The number of anilines is 1. The first-order valence-electron chi connectivity index (χ1n) is 7.42. The van der Waals surface area contributed by atoms with Crippen molar-refractivity contribution in [2.24, 2.45) is 0 Å². The van der Waals surface area contributed by atoms with Gasteiger partial charge in [-0.3, -0.25) is 4.98 Å². The lowest BCUT2D eigenvalue weighted by Crippen LogP contribution is -2.16. The van der Waals surface area contributed by atoms with Crippen LogP contribution in [0.5, 0.6) is 0 Å². The van der Waals surface area contributed by atoms with Crippen LogP contribution in [0.25, 0.3) is 21.9 Å². The molecule has 5 nitrogen and oxygen atoms in total. The summed E-state index contributed by atoms with van der Waals surface area (Å²) >= 11 is 0. The topological polar surface area (TPSA) is 84.8 Å². The Morgan fingerprint density at radius 2 is 2.17 bits per heavy atom. The van der Waals surface area contributed by atoms with E-state index in [-0.39, 0.29) is 5.82 Å². The van der Waals surface area contributed by atoms with E-state index in [0.29, 0.717) is 25.2 Å². The molecular weight excluding hydrogens is 288 g/mol. The average Bonchev–Trinajstić information content (AvgIpc) is 2.60. The third-order valence-corrected chi connectivity index (χ3v) is 4.20. The molecule has 0 aliphatic carbocycles. The highest BCUT2D eigenvalue weighted by atomic mass is 16.5. The number of nitrogens with zero attached hydrogens (tertiary/aromatic N) is 3. The Hall–Kier alpha value is -2.97. The molecule has 2 N–H and O–H groups in total. The summed E-state index contributed by atoms with van der Waals surface area (Å²) in [6.07, 6.45) is 4.29. The van der Waals surface area contributed by atoms with Crippen molar-refractivity contribution in [1.29, 1.82) is 5.26 Å². The van der Waals surface area contributed by atoms with Crippen molar-refractivity contribution in [3.63, 3.8) is 0 Å². The van der Waals surface area contributed by atoms with Gasteiger partial charge >= 0.3 is 0 Å². The normalized spacial score (nSPS) is 13.5. The SMILES string of the molecule is N#Cc1c(N)nc2c(c1-c1cccc3cnccc13)COCC2. The van der Waals surface area contributed by atoms with E-state index < -0.39 is 0 Å². The van der Waals surface area contributed by atoms with E-state index in [0.717, 1.165) is 33.2 Å². The maximum absolute atomic E-state index is 9.61. The quantitative estimate of drug-likeness (QED) is 0.747. The van der Waals surface area contributed by atoms with Gasteiger partial charge in [0.05, 0.1) is 18.9 Å². The zero-order valence-corrected chi connectivity index (χ0v) is 12.4. The van der Waals surface area contributed by atoms with Gasteiger partial charge in [-0.1, -0.05) is 18.2 Å². The van der Waals surface area contributed by atoms with Crippen LogP contribution in [-0.2, 0) is 17.8 Å². The van der Waals surface area contributed by atoms with Crippen molar-refractivity contribution in [1.82, 2.24) is 9.97 Å². The summed E-state index contributed by atoms with van der Waals surface area (Å²) in [5, 5.41) is 11.7. The van der Waals surface area contributed by atoms with Crippen molar-refractivity contribution in [3.8, 4) is 17.2 Å². The van der Waals surface area contributed by atoms with Crippen molar-refractivity contribution in [3.05, 3.63) is 53.5 Å². The third-order valence-electron chi connectivity index (χ3n) is 4.20. The number of fused-ring (bicyclic) bond motifs is 2. The minimum Gasteiger partial charge on any atom is -0.383 e. The van der Waals surface area contributed by atoms with Gasteiger partial charge in [0.2, 0.25) is 0 Å². The van der Waals surface area contributed by atoms with Crippen LogP contribution in [0.3, 0.4) is 0 Å². The Labute approximate surface area is 133 Å². The molecule has 0 atom stereocenters. The molecule has 23 heavy (non-hydrogen) atoms. The molecule has 2 aromatic heterocycles. The van der Waals surface area contributed by atoms with Gasteiger partial charge in [-0.2, -0.15) is 5.26 Å². The summed E-state index contributed by atoms with van der Waals surface area (Å²) in [5.41, 5.74) is 10.2. The van der Waals surface area contributed by atoms with Crippen LogP contribution in [-0.4, -0.2) is 16.6 Å². The number of nitriles is 1. The predicted octanol–water partition coefficient (Wildman–Crippen LogP) is 2.82. The standard InChI is InChI=1S/C18H14N4O/c19-8-14-17(15-10-23-7-5-16(15)22-18(14)20)13-3-1-2-11-9-21-6-4-12(11)13/h1-4,6,9H,5,7,10H2,(H2,20,22). The van der Waals surface area contributed by atoms with E-state index in [2.05, 4.69) is 16.0 Å². The number of hydrogen-bond acceptors (Lipinski definition) is 5. The Morgan fingerprint density at radius 3 is 3.04 bits per heavy atom. The highest BCUT2D eigenvalue weighted by molar-refractivity contribution is 5.99. The molecule has 0 bridgehead atoms. The zero-order chi connectivity index (χ0) is 15.8. The van der Waals surface area contributed by atoms with E-state index in [1.165, 1.54) is 0 Å². The Bertz CT molecular complexity index is 954. The molecule has 3 aromatic rings. The van der Waals surface area contributed by atoms with Gasteiger partial charge in [-0.05, 0) is 17.0 Å². The molecular formula is C18H14N4O. The number of hydrogen-bond donors (Lipinski definition) is 1. The van der Waals surface area contributed by atoms with Crippen LogP contribution < -0.4 is 5.73 Å². The highest BCUT2D eigenvalue weighted by Gasteiger charge is 2.23. The van der Waals surface area contributed by atoms with Crippen LogP contribution in [0.15, 0.2) is 36.7 Å². The summed E-state index contributed by atoms with van der Waals surface area (Å²) in [4.78, 5) is 8.58. The Kier molecular flexibility index (Phi) is 3.18. The summed E-state index contributed by atoms with van der Waals surface area (Å²) in [6.45, 7) is 1.08. The molecule has 1 aromatic carbocycles. The molecule has 0 spiro atoms. The second-order valence-electron chi connectivity index (χ2n) is 5.49. The van der Waals surface area contributed by atoms with Gasteiger partial charge in [0.15, 0.2) is 0 Å². The fourth-order valence-electron chi connectivity index (χ4n) is 3.15. The monoisotopic (exact) mass is 302 g/mol. The summed E-state index contributed by atoms with van der Waals surface area (Å²) < 4.78 is 5.61. The fourth-order valence-corrected chi connectivity index (χ4v) is 3.15. The second kappa shape index (κ2) is 5.34. The summed E-state index contributed by atoms with van der Waals surface area (Å²) in [5.74, 6) is 0.286. The van der Waals surface area contributed by atoms with Crippen LogP contribution in [0.2, 0.25) is 0 Å². The first-order chi connectivity index (χ1) is 11.3. The summed E-state index contributed by atoms with van der Waals surface area (Å²) in [7, 11) is 0. The Morgan fingerprint density at radius 1 is 1.26 bits per heavy atom. The van der Waals surface area contributed by atoms with Gasteiger partial charge in [0.1, 0.15) is 17.5 Å². The predicted molar refractivity (Wildman–Crippen MR) is 87.5 cm³/mol. The molecule has 0 amide bonds. The molecule has 3 heterocycles. The van der Waals surface area contributed by atoms with Gasteiger partial charge in [-0.25, -0.2) is 4.98 Å². The molecule has 0 saturated heterocycles. The number of ether oxygens (including phenoxy) is 1. The van der Waals surface area contributed by atoms with Gasteiger partial charge in [0, 0.05) is 35.3 Å². The lowest BCUT2D eigenvalue weighted by molar-refractivity contribution is 0.109. The van der Waals surface area contributed by atoms with E-state index in [1.54, 1.807) is 6.20 Å². The largest absolute Gasteiger partial charge is 0.383 e.